The van der Waals surface area contributed by atoms with Crippen LogP contribution in [-0.4, -0.2) is 6.88 Å². The van der Waals surface area contributed by atoms with Crippen LogP contribution < -0.4 is 0 Å². The van der Waals surface area contributed by atoms with Gasteiger partial charge in [0.25, 0.3) is 0 Å². The van der Waals surface area contributed by atoms with Gasteiger partial charge in [0.15, 0.2) is 0 Å². The van der Waals surface area contributed by atoms with Crippen molar-refractivity contribution in [3.63, 3.8) is 0 Å². The topological polar surface area (TPSA) is 0 Å². The maximum Gasteiger partial charge on any atom is -0.147 e. The summed E-state index contributed by atoms with van der Waals surface area (Å²) in [6.07, 6.45) is 8.84. The first-order valence-corrected chi connectivity index (χ1v) is 29.6. The van der Waals surface area contributed by atoms with Crippen molar-refractivity contribution in [3.8, 4) is 22.3 Å². The molecule has 6 rings (SSSR count). The van der Waals surface area contributed by atoms with E-state index in [0.717, 1.165) is 0 Å². The third kappa shape index (κ3) is 5.98. The van der Waals surface area contributed by atoms with Gasteiger partial charge in [0.2, 0.25) is 0 Å². The summed E-state index contributed by atoms with van der Waals surface area (Å²) >= 11 is -3.68. The van der Waals surface area contributed by atoms with Gasteiger partial charge in [-0.05, 0) is 0 Å². The summed E-state index contributed by atoms with van der Waals surface area (Å²) < 4.78 is 6.65. The first kappa shape index (κ1) is 34.9. The number of benzene rings is 4. The average Bonchev–Trinajstić information content (AvgIpc) is 3.56. The fourth-order valence-corrected chi connectivity index (χ4v) is 28.9. The molecule has 0 bridgehead atoms. The zero-order valence-corrected chi connectivity index (χ0v) is 32.7. The van der Waals surface area contributed by atoms with E-state index in [1.807, 2.05) is 0 Å². The summed E-state index contributed by atoms with van der Waals surface area (Å²) in [5.41, 5.74) is 16.5. The largest absolute Gasteiger partial charge is 0.147 e. The van der Waals surface area contributed by atoms with Crippen LogP contribution in [0.5, 0.6) is 0 Å². The Morgan fingerprint density at radius 1 is 0.705 bits per heavy atom. The quantitative estimate of drug-likeness (QED) is 0.159. The normalized spacial score (nSPS) is 17.3. The predicted octanol–water partition coefficient (Wildman–Crippen LogP) is 11.8. The van der Waals surface area contributed by atoms with Crippen LogP contribution in [0, 0.1) is 5.92 Å². The molecule has 2 unspecified atom stereocenters. The van der Waals surface area contributed by atoms with Gasteiger partial charge < -0.3 is 0 Å². The van der Waals surface area contributed by atoms with Crippen molar-refractivity contribution in [2.24, 2.45) is 5.92 Å². The van der Waals surface area contributed by atoms with Crippen molar-refractivity contribution in [3.05, 3.63) is 130 Å². The molecule has 0 saturated heterocycles. The molecule has 2 aliphatic rings. The summed E-state index contributed by atoms with van der Waals surface area (Å²) in [5, 5.41) is 0. The number of allylic oxidation sites excluding steroid dienone is 2. The van der Waals surface area contributed by atoms with Gasteiger partial charge in [-0.15, -0.1) is 24.8 Å². The fraction of sp³-hybridized carbons (Fsp3) is 0.300. The summed E-state index contributed by atoms with van der Waals surface area (Å²) in [6.45, 7) is 12.1. The Morgan fingerprint density at radius 3 is 1.86 bits per heavy atom. The van der Waals surface area contributed by atoms with Crippen LogP contribution in [0.4, 0.5) is 0 Å². The van der Waals surface area contributed by atoms with Gasteiger partial charge >= 0.3 is 258 Å². The average molecular weight is 719 g/mol. The number of rotatable bonds is 8. The molecule has 0 amide bonds. The van der Waals surface area contributed by atoms with Crippen LogP contribution >= 0.6 is 24.8 Å². The molecule has 0 nitrogen and oxygen atoms in total. The smallest absolute Gasteiger partial charge is 0.147 e. The Bertz CT molecular complexity index is 1780. The van der Waals surface area contributed by atoms with Crippen molar-refractivity contribution >= 4 is 43.8 Å². The monoisotopic (exact) mass is 716 g/mol. The maximum absolute atomic E-state index is 3.68. The summed E-state index contributed by atoms with van der Waals surface area (Å²) in [5.74, 6) is 0.518. The Kier molecular flexibility index (Phi) is 10.6. The molecule has 0 spiro atoms. The van der Waals surface area contributed by atoms with E-state index in [1.54, 1.807) is 27.8 Å². The molecule has 230 valence electrons. The molecule has 0 aliphatic heterocycles. The summed E-state index contributed by atoms with van der Waals surface area (Å²) in [6, 6.07) is 34.1. The number of fused-ring (bicyclic) bond motifs is 2. The molecule has 0 radical (unpaired) electrons. The standard InChI is InChI=1S/C20H21.C18H17.2CH3.2ClH.H2Si.Zr/c1-3-4-8-17-11-12-18(16-9-6-5-7-10-16)20-14-15(2)13-19(17)20;1-13(2)16-11-15-9-6-10-17(18(15)12-16)14-7-4-3-5-8-14;;;;;;/h5-7,9-14H,3-4,8H2,1-2H3;3-13H,1-2H3;2*1H3;2*1H;1H2;. The second-order valence-corrected chi connectivity index (χ2v) is 44.7. The third-order valence-corrected chi connectivity index (χ3v) is 27.7. The van der Waals surface area contributed by atoms with Crippen LogP contribution in [0.1, 0.15) is 75.6 Å². The molecule has 2 atom stereocenters. The van der Waals surface area contributed by atoms with Crippen LogP contribution in [0.15, 0.2) is 102 Å². The Labute approximate surface area is 280 Å². The number of halogens is 2. The summed E-state index contributed by atoms with van der Waals surface area (Å²) in [7, 11) is 0. The van der Waals surface area contributed by atoms with Crippen LogP contribution in [0.3, 0.4) is 0 Å². The van der Waals surface area contributed by atoms with E-state index in [0.29, 0.717) is 13.2 Å². The van der Waals surface area contributed by atoms with Crippen LogP contribution in [-0.2, 0) is 23.8 Å². The molecule has 4 aromatic rings. The van der Waals surface area contributed by atoms with E-state index < -0.39 is 17.4 Å². The Morgan fingerprint density at radius 2 is 1.30 bits per heavy atom. The van der Waals surface area contributed by atoms with Gasteiger partial charge in [-0.3, -0.25) is 0 Å². The number of aryl methyl sites for hydroxylation is 1. The fourth-order valence-electron chi connectivity index (χ4n) is 8.41. The van der Waals surface area contributed by atoms with Crippen molar-refractivity contribution in [1.82, 2.24) is 0 Å². The number of hydrogen-bond acceptors (Lipinski definition) is 0. The second-order valence-electron chi connectivity index (χ2n) is 14.2. The molecule has 0 N–H and O–H groups in total. The van der Waals surface area contributed by atoms with Gasteiger partial charge in [-0.2, -0.15) is 0 Å². The van der Waals surface area contributed by atoms with E-state index in [-0.39, 0.29) is 24.8 Å². The maximum atomic E-state index is 2.79. The van der Waals surface area contributed by atoms with Gasteiger partial charge in [0.05, 0.1) is 0 Å². The Hall–Kier alpha value is -1.96. The minimum atomic E-state index is -3.68. The zero-order chi connectivity index (χ0) is 29.7. The SMILES string of the molecule is CCCCc1ccc(-c2ccccc2)c2c1[CH]([Zr]([CH3])([CH3])(=[SiH2])[CH]1C(C(C)C)=Cc3c(-c4ccccc4)cccc31)C(C)=C2.Cl.Cl. The van der Waals surface area contributed by atoms with Crippen molar-refractivity contribution in [1.29, 1.82) is 0 Å². The predicted molar refractivity (Wildman–Crippen MR) is 199 cm³/mol. The molecular formula is C40H48Cl2SiZr. The third-order valence-electron chi connectivity index (χ3n) is 10.1. The molecule has 4 heteroatoms. The van der Waals surface area contributed by atoms with Gasteiger partial charge in [0.1, 0.15) is 0 Å². The molecule has 2 aliphatic carbocycles. The van der Waals surface area contributed by atoms with Gasteiger partial charge in [-0.25, -0.2) is 0 Å². The first-order valence-electron chi connectivity index (χ1n) is 16.0. The van der Waals surface area contributed by atoms with Gasteiger partial charge in [0, 0.05) is 0 Å². The first-order chi connectivity index (χ1) is 20.1. The molecule has 0 heterocycles. The molecule has 4 aromatic carbocycles. The van der Waals surface area contributed by atoms with Crippen molar-refractivity contribution in [2.45, 2.75) is 63.5 Å². The molecule has 0 saturated carbocycles. The molecular weight excluding hydrogens is 671 g/mol. The van der Waals surface area contributed by atoms with Crippen LogP contribution in [0.2, 0.25) is 9.26 Å². The van der Waals surface area contributed by atoms with E-state index in [1.165, 1.54) is 52.6 Å². The van der Waals surface area contributed by atoms with Crippen LogP contribution in [0.25, 0.3) is 34.4 Å². The molecule has 0 fully saturated rings. The molecule has 44 heavy (non-hydrogen) atoms. The van der Waals surface area contributed by atoms with E-state index in [9.17, 15) is 0 Å². The minimum Gasteiger partial charge on any atom is -0.147 e. The van der Waals surface area contributed by atoms with Crippen molar-refractivity contribution in [2.75, 3.05) is 0 Å². The van der Waals surface area contributed by atoms with Gasteiger partial charge in [-0.1, -0.05) is 0 Å². The minimum absolute atomic E-state index is 0. The van der Waals surface area contributed by atoms with E-state index in [2.05, 4.69) is 147 Å². The van der Waals surface area contributed by atoms with Crippen molar-refractivity contribution < 1.29 is 17.4 Å². The second kappa shape index (κ2) is 13.4. The van der Waals surface area contributed by atoms with E-state index in [4.69, 9.17) is 0 Å². The number of hydrogen-bond donors (Lipinski definition) is 0. The van der Waals surface area contributed by atoms with E-state index >= 15 is 0 Å². The number of unbranched alkanes of at least 4 members (excludes halogenated alkanes) is 1. The molecule has 0 aromatic heterocycles. The summed E-state index contributed by atoms with van der Waals surface area (Å²) in [4.78, 5) is 0. The Balaban J connectivity index is 0.00000221. The zero-order valence-electron chi connectivity index (χ0n) is 27.2.